The summed E-state index contributed by atoms with van der Waals surface area (Å²) < 4.78 is 0. The SMILES string of the molecule is CCCCCC(=O)C(CCC)[N+](=O)[O-].[Ba+2].[H-].[H-]. The second kappa shape index (κ2) is 11.1. The maximum absolute atomic E-state index is 11.4. The van der Waals surface area contributed by atoms with Crippen LogP contribution in [0.5, 0.6) is 0 Å². The van der Waals surface area contributed by atoms with Crippen LogP contribution in [0.3, 0.4) is 0 Å². The molecule has 0 aromatic carbocycles. The third-order valence-electron chi connectivity index (χ3n) is 2.21. The van der Waals surface area contributed by atoms with Gasteiger partial charge in [0.05, 0.1) is 0 Å². The van der Waals surface area contributed by atoms with E-state index in [1.54, 1.807) is 0 Å². The molecule has 1 atom stereocenters. The van der Waals surface area contributed by atoms with Crippen LogP contribution in [-0.2, 0) is 4.79 Å². The van der Waals surface area contributed by atoms with Crippen LogP contribution in [-0.4, -0.2) is 65.6 Å². The Balaban J connectivity index is -0.000000282. The molecule has 15 heavy (non-hydrogen) atoms. The average molecular weight is 341 g/mol. The number of hydrogen-bond donors (Lipinski definition) is 0. The molecule has 5 heteroatoms. The monoisotopic (exact) mass is 341 g/mol. The molecule has 0 aromatic rings. The second-order valence-corrected chi connectivity index (χ2v) is 3.51. The summed E-state index contributed by atoms with van der Waals surface area (Å²) in [6.07, 6.45) is 4.21. The van der Waals surface area contributed by atoms with Crippen LogP contribution in [0.15, 0.2) is 0 Å². The standard InChI is InChI=1S/C10H19NO3.Ba.2H/c1-3-5-6-8-10(12)9(7-4-2)11(13)14;;;/h9H,3-8H2,1-2H3;;;/q;+2;2*-1. The van der Waals surface area contributed by atoms with Crippen molar-refractivity contribution in [3.8, 4) is 0 Å². The van der Waals surface area contributed by atoms with E-state index in [0.717, 1.165) is 19.3 Å². The van der Waals surface area contributed by atoms with E-state index >= 15 is 0 Å². The van der Waals surface area contributed by atoms with Gasteiger partial charge < -0.3 is 2.85 Å². The van der Waals surface area contributed by atoms with Gasteiger partial charge in [0.2, 0.25) is 5.78 Å². The van der Waals surface area contributed by atoms with Gasteiger partial charge in [-0.2, -0.15) is 0 Å². The molecule has 4 nitrogen and oxygen atoms in total. The fourth-order valence-corrected chi connectivity index (χ4v) is 1.37. The number of carbonyl (C=O) groups excluding carboxylic acids is 1. The Labute approximate surface area is 134 Å². The van der Waals surface area contributed by atoms with Crippen molar-refractivity contribution in [2.24, 2.45) is 0 Å². The van der Waals surface area contributed by atoms with Gasteiger partial charge in [-0.3, -0.25) is 14.9 Å². The molecule has 0 aliphatic rings. The minimum atomic E-state index is -0.961. The van der Waals surface area contributed by atoms with Gasteiger partial charge in [0.1, 0.15) is 0 Å². The first-order valence-corrected chi connectivity index (χ1v) is 5.29. The van der Waals surface area contributed by atoms with Crippen LogP contribution in [0.4, 0.5) is 0 Å². The van der Waals surface area contributed by atoms with Crippen molar-refractivity contribution in [2.75, 3.05) is 0 Å². The minimum Gasteiger partial charge on any atom is -1.00 e. The molecule has 0 radical (unpaired) electrons. The zero-order valence-corrected chi connectivity index (χ0v) is 14.1. The van der Waals surface area contributed by atoms with Crippen LogP contribution in [0.1, 0.15) is 55.2 Å². The average Bonchev–Trinajstić information content (AvgIpc) is 2.13. The maximum atomic E-state index is 11.4. The van der Waals surface area contributed by atoms with Crippen molar-refractivity contribution in [3.05, 3.63) is 10.1 Å². The topological polar surface area (TPSA) is 60.2 Å². The Hall–Kier alpha value is 0.641. The third-order valence-corrected chi connectivity index (χ3v) is 2.21. The molecule has 0 aromatic heterocycles. The van der Waals surface area contributed by atoms with Crippen molar-refractivity contribution >= 4 is 54.7 Å². The van der Waals surface area contributed by atoms with Crippen molar-refractivity contribution in [3.63, 3.8) is 0 Å². The zero-order chi connectivity index (χ0) is 11.0. The number of nitro groups is 1. The van der Waals surface area contributed by atoms with Crippen molar-refractivity contribution in [1.29, 1.82) is 0 Å². The summed E-state index contributed by atoms with van der Waals surface area (Å²) in [6, 6.07) is -0.961. The minimum absolute atomic E-state index is 0. The Kier molecular flexibility index (Phi) is 13.4. The molecule has 0 saturated heterocycles. The molecule has 0 fully saturated rings. The van der Waals surface area contributed by atoms with E-state index in [-0.39, 0.29) is 57.5 Å². The Morgan fingerprint density at radius 3 is 2.33 bits per heavy atom. The first kappa shape index (κ1) is 18.0. The summed E-state index contributed by atoms with van der Waals surface area (Å²) in [5, 5.41) is 10.5. The molecule has 0 N–H and O–H groups in total. The number of carbonyl (C=O) groups is 1. The zero-order valence-electron chi connectivity index (χ0n) is 11.7. The first-order valence-electron chi connectivity index (χ1n) is 5.29. The van der Waals surface area contributed by atoms with Gasteiger partial charge in [-0.05, 0) is 12.8 Å². The predicted molar refractivity (Wildman–Crippen MR) is 62.8 cm³/mol. The Bertz CT molecular complexity index is 206. The summed E-state index contributed by atoms with van der Waals surface area (Å²) >= 11 is 0. The van der Waals surface area contributed by atoms with Crippen LogP contribution in [0.2, 0.25) is 0 Å². The van der Waals surface area contributed by atoms with Crippen LogP contribution in [0.25, 0.3) is 0 Å². The molecule has 0 aliphatic heterocycles. The van der Waals surface area contributed by atoms with E-state index in [2.05, 4.69) is 0 Å². The van der Waals surface area contributed by atoms with E-state index in [0.29, 0.717) is 19.3 Å². The van der Waals surface area contributed by atoms with Gasteiger partial charge in [0, 0.05) is 17.8 Å². The van der Waals surface area contributed by atoms with E-state index in [4.69, 9.17) is 0 Å². The summed E-state index contributed by atoms with van der Waals surface area (Å²) in [6.45, 7) is 3.90. The molecule has 1 unspecified atom stereocenters. The second-order valence-electron chi connectivity index (χ2n) is 3.51. The predicted octanol–water partition coefficient (Wildman–Crippen LogP) is 2.43. The summed E-state index contributed by atoms with van der Waals surface area (Å²) in [4.78, 5) is 21.5. The van der Waals surface area contributed by atoms with Gasteiger partial charge >= 0.3 is 48.9 Å². The number of ketones is 1. The van der Waals surface area contributed by atoms with Gasteiger partial charge in [-0.25, -0.2) is 0 Å². The fraction of sp³-hybridized carbons (Fsp3) is 0.900. The number of rotatable bonds is 8. The normalized spacial score (nSPS) is 11.6. The van der Waals surface area contributed by atoms with Gasteiger partial charge in [0.25, 0.3) is 6.04 Å². The first-order chi connectivity index (χ1) is 6.63. The van der Waals surface area contributed by atoms with Gasteiger partial charge in [0.15, 0.2) is 0 Å². The number of hydrogen-bond acceptors (Lipinski definition) is 3. The molecular formula is C10H21BaNO3. The van der Waals surface area contributed by atoms with Crippen molar-refractivity contribution < 1.29 is 12.6 Å². The maximum Gasteiger partial charge on any atom is 2.00 e. The Morgan fingerprint density at radius 1 is 1.33 bits per heavy atom. The van der Waals surface area contributed by atoms with Crippen LogP contribution < -0.4 is 0 Å². The number of unbranched alkanes of at least 4 members (excludes halogenated alkanes) is 2. The molecule has 0 aliphatic carbocycles. The summed E-state index contributed by atoms with van der Waals surface area (Å²) in [5.74, 6) is -0.203. The van der Waals surface area contributed by atoms with E-state index in [9.17, 15) is 14.9 Å². The van der Waals surface area contributed by atoms with Gasteiger partial charge in [-0.1, -0.05) is 26.7 Å². The van der Waals surface area contributed by atoms with E-state index < -0.39 is 11.0 Å². The van der Waals surface area contributed by atoms with Crippen molar-refractivity contribution in [1.82, 2.24) is 0 Å². The van der Waals surface area contributed by atoms with Gasteiger partial charge in [-0.15, -0.1) is 0 Å². The van der Waals surface area contributed by atoms with Crippen LogP contribution in [0, 0.1) is 10.1 Å². The smallest absolute Gasteiger partial charge is 1.00 e. The Morgan fingerprint density at radius 2 is 1.93 bits per heavy atom. The van der Waals surface area contributed by atoms with Crippen molar-refractivity contribution in [2.45, 2.75) is 58.4 Å². The third kappa shape index (κ3) is 8.45. The van der Waals surface area contributed by atoms with E-state index in [1.165, 1.54) is 0 Å². The summed E-state index contributed by atoms with van der Waals surface area (Å²) in [7, 11) is 0. The molecule has 0 amide bonds. The molecular weight excluding hydrogens is 319 g/mol. The van der Waals surface area contributed by atoms with Crippen LogP contribution >= 0.6 is 0 Å². The quantitative estimate of drug-likeness (QED) is 0.295. The largest absolute Gasteiger partial charge is 2.00 e. The molecule has 0 rings (SSSR count). The number of nitrogens with zero attached hydrogens (tertiary/aromatic N) is 1. The molecule has 0 bridgehead atoms. The molecule has 86 valence electrons. The molecule has 0 saturated carbocycles. The number of Topliss-reactive ketones (excluding diaryl/α,β-unsaturated/α-hetero) is 1. The molecule has 0 heterocycles. The molecule has 0 spiro atoms. The van der Waals surface area contributed by atoms with E-state index in [1.807, 2.05) is 13.8 Å². The summed E-state index contributed by atoms with van der Waals surface area (Å²) in [5.41, 5.74) is 0. The fourth-order valence-electron chi connectivity index (χ4n) is 1.37.